The summed E-state index contributed by atoms with van der Waals surface area (Å²) in [6.07, 6.45) is -0.225. The fraction of sp³-hybridized carbons (Fsp3) is 0.588. The van der Waals surface area contributed by atoms with E-state index in [4.69, 9.17) is 4.74 Å². The van der Waals surface area contributed by atoms with Gasteiger partial charge in [-0.2, -0.15) is 0 Å². The molecule has 0 bridgehead atoms. The number of aliphatic hydroxyl groups is 1. The number of benzene rings is 1. The van der Waals surface area contributed by atoms with Crippen molar-refractivity contribution in [2.75, 3.05) is 19.7 Å². The molecule has 0 saturated carbocycles. The highest BCUT2D eigenvalue weighted by atomic mass is 19.1. The second kappa shape index (κ2) is 8.39. The second-order valence-electron chi connectivity index (χ2n) is 6.00. The van der Waals surface area contributed by atoms with Crippen LogP contribution in [0.5, 0.6) is 0 Å². The van der Waals surface area contributed by atoms with Crippen LogP contribution in [0.2, 0.25) is 0 Å². The Bertz CT molecular complexity index is 543. The van der Waals surface area contributed by atoms with Gasteiger partial charge in [-0.1, -0.05) is 6.07 Å². The molecule has 24 heavy (non-hydrogen) atoms. The van der Waals surface area contributed by atoms with Gasteiger partial charge in [-0.3, -0.25) is 0 Å². The molecular formula is C17H24F2N2O3. The van der Waals surface area contributed by atoms with Crippen LogP contribution in [-0.4, -0.2) is 47.9 Å². The zero-order chi connectivity index (χ0) is 17.7. The van der Waals surface area contributed by atoms with Crippen LogP contribution in [0.1, 0.15) is 38.4 Å². The Morgan fingerprint density at radius 2 is 1.96 bits per heavy atom. The highest BCUT2D eigenvalue weighted by Gasteiger charge is 2.28. The van der Waals surface area contributed by atoms with Crippen molar-refractivity contribution in [1.29, 1.82) is 0 Å². The molecule has 1 aliphatic rings. The molecular weight excluding hydrogens is 318 g/mol. The molecule has 0 aliphatic carbocycles. The van der Waals surface area contributed by atoms with Crippen LogP contribution in [0, 0.1) is 11.6 Å². The average Bonchev–Trinajstić information content (AvgIpc) is 2.55. The molecule has 134 valence electrons. The Kier molecular flexibility index (Phi) is 6.51. The molecule has 2 N–H and O–H groups in total. The normalized spacial score (nSPS) is 18.3. The van der Waals surface area contributed by atoms with Gasteiger partial charge in [0.2, 0.25) is 0 Å². The van der Waals surface area contributed by atoms with Crippen LogP contribution in [0.4, 0.5) is 13.6 Å². The summed E-state index contributed by atoms with van der Waals surface area (Å²) < 4.78 is 32.5. The van der Waals surface area contributed by atoms with Gasteiger partial charge in [0, 0.05) is 25.2 Å². The monoisotopic (exact) mass is 342 g/mol. The van der Waals surface area contributed by atoms with E-state index in [2.05, 4.69) is 5.32 Å². The highest BCUT2D eigenvalue weighted by Crippen LogP contribution is 2.24. The number of nitrogens with zero attached hydrogens (tertiary/aromatic N) is 1. The van der Waals surface area contributed by atoms with E-state index in [1.807, 2.05) is 0 Å². The lowest BCUT2D eigenvalue weighted by molar-refractivity contribution is 0.0858. The van der Waals surface area contributed by atoms with Crippen molar-refractivity contribution in [2.45, 2.75) is 44.9 Å². The minimum atomic E-state index is -1.28. The van der Waals surface area contributed by atoms with Gasteiger partial charge in [0.1, 0.15) is 11.6 Å². The lowest BCUT2D eigenvalue weighted by Crippen LogP contribution is -2.48. The van der Waals surface area contributed by atoms with Crippen LogP contribution in [0.25, 0.3) is 0 Å². The first-order valence-electron chi connectivity index (χ1n) is 8.23. The molecule has 2 rings (SSSR count). The minimum absolute atomic E-state index is 0.0650. The number of rotatable bonds is 5. The number of ether oxygens (including phenoxy) is 1. The number of carbonyl (C=O) groups excluding carboxylic acids is 1. The van der Waals surface area contributed by atoms with Gasteiger partial charge >= 0.3 is 6.09 Å². The molecule has 0 spiro atoms. The van der Waals surface area contributed by atoms with E-state index in [0.29, 0.717) is 32.5 Å². The Morgan fingerprint density at radius 1 is 1.38 bits per heavy atom. The molecule has 1 aromatic rings. The van der Waals surface area contributed by atoms with Gasteiger partial charge in [-0.05, 0) is 38.8 Å². The number of amides is 1. The molecule has 1 fully saturated rings. The first-order valence-corrected chi connectivity index (χ1v) is 8.23. The van der Waals surface area contributed by atoms with Gasteiger partial charge in [0.25, 0.3) is 0 Å². The van der Waals surface area contributed by atoms with Crippen LogP contribution in [0.3, 0.4) is 0 Å². The lowest BCUT2D eigenvalue weighted by atomic mass is 9.99. The Hall–Kier alpha value is -1.73. The Morgan fingerprint density at radius 3 is 2.50 bits per heavy atom. The second-order valence-corrected chi connectivity index (χ2v) is 6.00. The van der Waals surface area contributed by atoms with Gasteiger partial charge in [0.05, 0.1) is 18.3 Å². The number of aliphatic hydroxyl groups excluding tert-OH is 1. The Balaban J connectivity index is 1.89. The third-order valence-electron chi connectivity index (χ3n) is 4.29. The summed E-state index contributed by atoms with van der Waals surface area (Å²) in [5.41, 5.74) is -0.318. The number of carbonyl (C=O) groups is 1. The number of likely N-dealkylation sites (tertiary alicyclic amines) is 1. The quantitative estimate of drug-likeness (QED) is 0.863. The van der Waals surface area contributed by atoms with E-state index in [0.717, 1.165) is 12.1 Å². The standard InChI is InChI=1S/C17H24F2N2O3/c1-3-24-17(23)21-9-7-12(8-10-21)20-11(2)16(22)15-13(18)5-4-6-14(15)19/h4-6,11-12,16,20,22H,3,7-10H2,1-2H3/t11-,16-/m0/s1. The number of hydrogen-bond acceptors (Lipinski definition) is 4. The maximum Gasteiger partial charge on any atom is 0.409 e. The van der Waals surface area contributed by atoms with Crippen molar-refractivity contribution >= 4 is 6.09 Å². The van der Waals surface area contributed by atoms with E-state index in [-0.39, 0.29) is 17.7 Å². The molecule has 1 aromatic carbocycles. The molecule has 7 heteroatoms. The van der Waals surface area contributed by atoms with Crippen LogP contribution >= 0.6 is 0 Å². The summed E-state index contributed by atoms with van der Waals surface area (Å²) >= 11 is 0. The highest BCUT2D eigenvalue weighted by molar-refractivity contribution is 5.67. The van der Waals surface area contributed by atoms with Crippen molar-refractivity contribution in [3.63, 3.8) is 0 Å². The van der Waals surface area contributed by atoms with E-state index >= 15 is 0 Å². The molecule has 0 aromatic heterocycles. The third kappa shape index (κ3) is 4.42. The van der Waals surface area contributed by atoms with Crippen LogP contribution in [-0.2, 0) is 4.74 Å². The molecule has 1 heterocycles. The molecule has 2 atom stereocenters. The average molecular weight is 342 g/mol. The summed E-state index contributed by atoms with van der Waals surface area (Å²) in [6.45, 7) is 4.89. The molecule has 1 aliphatic heterocycles. The largest absolute Gasteiger partial charge is 0.450 e. The summed E-state index contributed by atoms with van der Waals surface area (Å²) in [4.78, 5) is 13.3. The minimum Gasteiger partial charge on any atom is -0.450 e. The fourth-order valence-corrected chi connectivity index (χ4v) is 2.95. The van der Waals surface area contributed by atoms with Crippen molar-refractivity contribution in [2.24, 2.45) is 0 Å². The van der Waals surface area contributed by atoms with E-state index < -0.39 is 23.8 Å². The zero-order valence-corrected chi connectivity index (χ0v) is 14.0. The van der Waals surface area contributed by atoms with Gasteiger partial charge in [0.15, 0.2) is 0 Å². The predicted molar refractivity (Wildman–Crippen MR) is 85.5 cm³/mol. The SMILES string of the molecule is CCOC(=O)N1CCC(N[C@@H](C)[C@H](O)c2c(F)cccc2F)CC1. The number of hydrogen-bond donors (Lipinski definition) is 2. The number of piperidine rings is 1. The van der Waals surface area contributed by atoms with Gasteiger partial charge in [-0.15, -0.1) is 0 Å². The van der Waals surface area contributed by atoms with Crippen molar-refractivity contribution in [1.82, 2.24) is 10.2 Å². The van der Waals surface area contributed by atoms with E-state index in [1.54, 1.807) is 18.7 Å². The molecule has 1 amide bonds. The first kappa shape index (κ1) is 18.6. The Labute approximate surface area is 140 Å². The third-order valence-corrected chi connectivity index (χ3v) is 4.29. The summed E-state index contributed by atoms with van der Waals surface area (Å²) in [7, 11) is 0. The predicted octanol–water partition coefficient (Wildman–Crippen LogP) is 2.60. The molecule has 0 unspecified atom stereocenters. The number of nitrogens with one attached hydrogen (secondary N) is 1. The zero-order valence-electron chi connectivity index (χ0n) is 14.0. The van der Waals surface area contributed by atoms with E-state index in [1.165, 1.54) is 6.07 Å². The smallest absolute Gasteiger partial charge is 0.409 e. The summed E-state index contributed by atoms with van der Waals surface area (Å²) in [5.74, 6) is -1.51. The van der Waals surface area contributed by atoms with Crippen molar-refractivity contribution in [3.05, 3.63) is 35.4 Å². The number of halogens is 2. The first-order chi connectivity index (χ1) is 11.4. The molecule has 1 saturated heterocycles. The maximum absolute atomic E-state index is 13.8. The van der Waals surface area contributed by atoms with E-state index in [9.17, 15) is 18.7 Å². The molecule has 5 nitrogen and oxygen atoms in total. The summed E-state index contributed by atoms with van der Waals surface area (Å²) in [6, 6.07) is 3.08. The van der Waals surface area contributed by atoms with Crippen LogP contribution in [0.15, 0.2) is 18.2 Å². The lowest BCUT2D eigenvalue weighted by Gasteiger charge is -2.34. The van der Waals surface area contributed by atoms with Gasteiger partial charge in [-0.25, -0.2) is 13.6 Å². The topological polar surface area (TPSA) is 61.8 Å². The summed E-state index contributed by atoms with van der Waals surface area (Å²) in [5, 5.41) is 13.5. The van der Waals surface area contributed by atoms with Crippen molar-refractivity contribution in [3.8, 4) is 0 Å². The fourth-order valence-electron chi connectivity index (χ4n) is 2.95. The van der Waals surface area contributed by atoms with Gasteiger partial charge < -0.3 is 20.1 Å². The van der Waals surface area contributed by atoms with Crippen molar-refractivity contribution < 1.29 is 23.4 Å². The molecule has 0 radical (unpaired) electrons. The van der Waals surface area contributed by atoms with Crippen LogP contribution < -0.4 is 5.32 Å². The maximum atomic E-state index is 13.8.